The van der Waals surface area contributed by atoms with Crippen LogP contribution in [0.15, 0.2) is 28.7 Å². The Kier molecular flexibility index (Phi) is 12.7. The zero-order chi connectivity index (χ0) is 31.2. The molecule has 0 atom stereocenters. The van der Waals surface area contributed by atoms with Crippen LogP contribution in [0.25, 0.3) is 0 Å². The maximum Gasteiger partial charge on any atom is 0.196 e. The van der Waals surface area contributed by atoms with Gasteiger partial charge in [0.25, 0.3) is 0 Å². The van der Waals surface area contributed by atoms with Crippen LogP contribution in [-0.4, -0.2) is 34.0 Å². The third kappa shape index (κ3) is 6.79. The molecule has 0 aliphatic heterocycles. The van der Waals surface area contributed by atoms with Crippen LogP contribution in [0.5, 0.6) is 0 Å². The molecule has 1 aromatic rings. The van der Waals surface area contributed by atoms with Crippen molar-refractivity contribution < 1.29 is 0 Å². The van der Waals surface area contributed by atoms with Crippen molar-refractivity contribution in [3.63, 3.8) is 0 Å². The highest BCUT2D eigenvalue weighted by atomic mass is 79.9. The molecule has 0 radical (unpaired) electrons. The monoisotopic (exact) mass is 728 g/mol. The summed E-state index contributed by atoms with van der Waals surface area (Å²) in [6.07, 6.45) is 47.1. The number of halogens is 1. The summed E-state index contributed by atoms with van der Waals surface area (Å²) in [5.74, 6) is 0. The molecule has 46 heavy (non-hydrogen) atoms. The van der Waals surface area contributed by atoms with Gasteiger partial charge < -0.3 is 0 Å². The van der Waals surface area contributed by atoms with Crippen LogP contribution in [0.4, 0.5) is 0 Å². The second kappa shape index (κ2) is 16.7. The van der Waals surface area contributed by atoms with E-state index in [1.165, 1.54) is 38.5 Å². The summed E-state index contributed by atoms with van der Waals surface area (Å²) in [6, 6.07) is 10.2. The van der Waals surface area contributed by atoms with Crippen molar-refractivity contribution in [1.82, 2.24) is 0 Å². The van der Waals surface area contributed by atoms with Crippen LogP contribution in [0.2, 0.25) is 0 Å². The van der Waals surface area contributed by atoms with E-state index in [9.17, 15) is 0 Å². The van der Waals surface area contributed by atoms with Gasteiger partial charge in [0.2, 0.25) is 0 Å². The van der Waals surface area contributed by atoms with Gasteiger partial charge in [0, 0.05) is 10.0 Å². The van der Waals surface area contributed by atoms with Gasteiger partial charge in [-0.25, -0.2) is 0 Å². The van der Waals surface area contributed by atoms with Crippen molar-refractivity contribution >= 4 is 30.5 Å². The first-order chi connectivity index (χ1) is 22.8. The van der Waals surface area contributed by atoms with Crippen LogP contribution in [0.1, 0.15) is 204 Å². The van der Waals surface area contributed by atoms with Gasteiger partial charge in [-0.3, -0.25) is 0 Å². The van der Waals surface area contributed by atoms with E-state index in [2.05, 4.69) is 40.2 Å². The van der Waals surface area contributed by atoms with Crippen LogP contribution >= 0.6 is 30.5 Å². The van der Waals surface area contributed by atoms with Gasteiger partial charge in [0.15, 0.2) is 5.40 Å². The molecule has 258 valence electrons. The SMILES string of the molecule is Brc1ccccc1C([P+](C1CCCCC1)(C1CCCCC1)C1CCCCC1)[P+](C1CCCCC1)(C1CCCCC1)C1CCCCC1. The highest BCUT2D eigenvalue weighted by molar-refractivity contribution is 9.10. The van der Waals surface area contributed by atoms with Gasteiger partial charge in [-0.05, 0) is 160 Å². The summed E-state index contributed by atoms with van der Waals surface area (Å²) < 4.78 is 1.55. The lowest BCUT2D eigenvalue weighted by Crippen LogP contribution is -2.45. The average Bonchev–Trinajstić information content (AvgIpc) is 3.15. The lowest BCUT2D eigenvalue weighted by Gasteiger charge is -2.59. The second-order valence-electron chi connectivity index (χ2n) is 17.4. The van der Waals surface area contributed by atoms with Crippen molar-refractivity contribution in [3.05, 3.63) is 34.3 Å². The van der Waals surface area contributed by atoms with Crippen molar-refractivity contribution in [2.24, 2.45) is 0 Å². The molecule has 0 unspecified atom stereocenters. The van der Waals surface area contributed by atoms with Gasteiger partial charge in [0.05, 0.1) is 48.5 Å². The molecule has 6 saturated carbocycles. The summed E-state index contributed by atoms with van der Waals surface area (Å²) in [5.41, 5.74) is 8.42. The maximum absolute atomic E-state index is 4.46. The minimum atomic E-state index is -1.38. The van der Waals surface area contributed by atoms with E-state index in [0.29, 0.717) is 0 Å². The molecule has 0 aromatic heterocycles. The summed E-state index contributed by atoms with van der Waals surface area (Å²) >= 11 is 4.46. The first kappa shape index (κ1) is 35.0. The van der Waals surface area contributed by atoms with E-state index in [1.54, 1.807) is 159 Å². The first-order valence-corrected chi connectivity index (χ1v) is 26.2. The summed E-state index contributed by atoms with van der Waals surface area (Å²) in [6.45, 7) is 0. The Balaban J connectivity index is 1.56. The minimum Gasteiger partial charge on any atom is -0.0616 e. The largest absolute Gasteiger partial charge is 0.196 e. The topological polar surface area (TPSA) is 0 Å². The fourth-order valence-electron chi connectivity index (χ4n) is 13.7. The fourth-order valence-corrected chi connectivity index (χ4v) is 35.6. The van der Waals surface area contributed by atoms with Crippen molar-refractivity contribution in [3.8, 4) is 0 Å². The number of benzene rings is 1. The third-order valence-electron chi connectivity index (χ3n) is 15.3. The maximum atomic E-state index is 4.46. The molecular formula is C43H71BrP2+2. The van der Waals surface area contributed by atoms with E-state index in [1.807, 2.05) is 5.56 Å². The molecule has 0 nitrogen and oxygen atoms in total. The van der Waals surface area contributed by atoms with E-state index in [4.69, 9.17) is 0 Å². The molecule has 3 heteroatoms. The molecule has 7 rings (SSSR count). The summed E-state index contributed by atoms with van der Waals surface area (Å²) in [4.78, 5) is 0. The summed E-state index contributed by atoms with van der Waals surface area (Å²) in [7, 11) is -2.77. The smallest absolute Gasteiger partial charge is 0.0616 e. The first-order valence-electron chi connectivity index (χ1n) is 21.3. The summed E-state index contributed by atoms with van der Waals surface area (Å²) in [5, 5.41) is 0.971. The normalized spacial score (nSPS) is 26.9. The highest BCUT2D eigenvalue weighted by Gasteiger charge is 2.75. The third-order valence-corrected chi connectivity index (χ3v) is 31.3. The Labute approximate surface area is 295 Å². The highest BCUT2D eigenvalue weighted by Crippen LogP contribution is 2.99. The average molecular weight is 730 g/mol. The zero-order valence-electron chi connectivity index (χ0n) is 29.8. The van der Waals surface area contributed by atoms with Gasteiger partial charge in [-0.2, -0.15) is 0 Å². The quantitative estimate of drug-likeness (QED) is 0.222. The Morgan fingerprint density at radius 2 is 0.609 bits per heavy atom. The molecule has 0 N–H and O–H groups in total. The molecule has 0 amide bonds. The molecule has 0 spiro atoms. The van der Waals surface area contributed by atoms with Crippen molar-refractivity contribution in [2.75, 3.05) is 0 Å². The molecule has 1 aromatic carbocycles. The van der Waals surface area contributed by atoms with Gasteiger partial charge in [0.1, 0.15) is 0 Å². The molecule has 0 heterocycles. The number of hydrogen-bond acceptors (Lipinski definition) is 0. The van der Waals surface area contributed by atoms with Gasteiger partial charge >= 0.3 is 0 Å². The van der Waals surface area contributed by atoms with Crippen molar-refractivity contribution in [2.45, 2.75) is 232 Å². The molecule has 6 fully saturated rings. The van der Waals surface area contributed by atoms with E-state index in [0.717, 1.165) is 39.4 Å². The van der Waals surface area contributed by atoms with E-state index >= 15 is 0 Å². The van der Waals surface area contributed by atoms with Gasteiger partial charge in [-0.1, -0.05) is 72.7 Å². The molecule has 0 saturated heterocycles. The van der Waals surface area contributed by atoms with Crippen LogP contribution in [-0.2, 0) is 0 Å². The predicted octanol–water partition coefficient (Wildman–Crippen LogP) is 15.5. The Bertz CT molecular complexity index is 895. The minimum absolute atomic E-state index is 0.971. The fraction of sp³-hybridized carbons (Fsp3) is 0.860. The van der Waals surface area contributed by atoms with E-state index in [-0.39, 0.29) is 0 Å². The van der Waals surface area contributed by atoms with Gasteiger partial charge in [-0.15, -0.1) is 0 Å². The zero-order valence-corrected chi connectivity index (χ0v) is 33.2. The van der Waals surface area contributed by atoms with Crippen molar-refractivity contribution in [1.29, 1.82) is 0 Å². The molecular weight excluding hydrogens is 658 g/mol. The number of hydrogen-bond donors (Lipinski definition) is 0. The van der Waals surface area contributed by atoms with Crippen LogP contribution in [0.3, 0.4) is 0 Å². The Hall–Kier alpha value is 0.560. The molecule has 6 aliphatic rings. The Morgan fingerprint density at radius 3 is 0.848 bits per heavy atom. The van der Waals surface area contributed by atoms with Crippen LogP contribution in [0, 0.1) is 0 Å². The van der Waals surface area contributed by atoms with E-state index < -0.39 is 14.5 Å². The lowest BCUT2D eigenvalue weighted by atomic mass is 9.98. The molecule has 6 aliphatic carbocycles. The molecule has 0 bridgehead atoms. The Morgan fingerprint density at radius 1 is 0.370 bits per heavy atom. The standard InChI is InChI=1S/C43H71BrP2/c44-42-34-20-19-33-41(42)43(45(35-21-7-1-8-22-35,36-23-9-2-10-24-36)37-25-11-3-12-26-37)46(38-27-13-4-14-28-38,39-29-15-5-16-30-39)40-31-17-6-18-32-40/h19-20,33-40,43H,1-18,21-32H2/q+2. The lowest BCUT2D eigenvalue weighted by molar-refractivity contribution is 0.438. The number of rotatable bonds is 9. The van der Waals surface area contributed by atoms with Crippen LogP contribution < -0.4 is 0 Å². The second-order valence-corrected chi connectivity index (χ2v) is 27.7. The predicted molar refractivity (Wildman–Crippen MR) is 212 cm³/mol.